The molecular weight excluding hydrogens is 370 g/mol. The summed E-state index contributed by atoms with van der Waals surface area (Å²) in [6.45, 7) is 3.12. The standard InChI is InChI=1S/C23H25NO5/c1-3-28-21-15-19(9-10-20(21)27-2)23(26)29-16-22(25)24-13-11-18(12-14-24)17-7-5-4-6-8-17/h4-11,15H,3,12-14,16H2,1-2H3. The third-order valence-electron chi connectivity index (χ3n) is 4.73. The molecule has 2 aromatic carbocycles. The van der Waals surface area contributed by atoms with Gasteiger partial charge in [0.2, 0.25) is 0 Å². The molecule has 0 saturated carbocycles. The Balaban J connectivity index is 1.55. The van der Waals surface area contributed by atoms with Crippen molar-refractivity contribution in [1.82, 2.24) is 4.90 Å². The molecule has 152 valence electrons. The van der Waals surface area contributed by atoms with E-state index >= 15 is 0 Å². The first-order chi connectivity index (χ1) is 14.1. The first-order valence-corrected chi connectivity index (χ1v) is 9.62. The summed E-state index contributed by atoms with van der Waals surface area (Å²) in [5.74, 6) is 0.221. The minimum absolute atomic E-state index is 0.208. The fourth-order valence-electron chi connectivity index (χ4n) is 3.18. The SMILES string of the molecule is CCOc1cc(C(=O)OCC(=O)N2CC=C(c3ccccc3)CC2)ccc1OC. The Hall–Kier alpha value is -3.28. The van der Waals surface area contributed by atoms with Gasteiger partial charge < -0.3 is 19.1 Å². The Morgan fingerprint density at radius 1 is 1.07 bits per heavy atom. The zero-order valence-electron chi connectivity index (χ0n) is 16.7. The molecular formula is C23H25NO5. The van der Waals surface area contributed by atoms with Crippen molar-refractivity contribution in [3.63, 3.8) is 0 Å². The number of hydrogen-bond acceptors (Lipinski definition) is 5. The van der Waals surface area contributed by atoms with Crippen molar-refractivity contribution in [3.8, 4) is 11.5 Å². The third-order valence-corrected chi connectivity index (χ3v) is 4.73. The van der Waals surface area contributed by atoms with Crippen LogP contribution in [0.2, 0.25) is 0 Å². The average Bonchev–Trinajstić information content (AvgIpc) is 2.78. The highest BCUT2D eigenvalue weighted by Gasteiger charge is 2.20. The monoisotopic (exact) mass is 395 g/mol. The smallest absolute Gasteiger partial charge is 0.338 e. The average molecular weight is 395 g/mol. The highest BCUT2D eigenvalue weighted by Crippen LogP contribution is 2.28. The number of methoxy groups -OCH3 is 1. The summed E-state index contributed by atoms with van der Waals surface area (Å²) in [7, 11) is 1.53. The second kappa shape index (κ2) is 9.78. The van der Waals surface area contributed by atoms with Gasteiger partial charge in [0, 0.05) is 13.1 Å². The maximum absolute atomic E-state index is 12.4. The number of hydrogen-bond donors (Lipinski definition) is 0. The van der Waals surface area contributed by atoms with E-state index in [1.54, 1.807) is 23.1 Å². The van der Waals surface area contributed by atoms with Gasteiger partial charge in [0.15, 0.2) is 18.1 Å². The Morgan fingerprint density at radius 2 is 1.86 bits per heavy atom. The summed E-state index contributed by atoms with van der Waals surface area (Å²) in [5, 5.41) is 0. The van der Waals surface area contributed by atoms with Crippen molar-refractivity contribution in [3.05, 3.63) is 65.7 Å². The number of carbonyl (C=O) groups is 2. The summed E-state index contributed by atoms with van der Waals surface area (Å²) < 4.78 is 15.9. The predicted octanol–water partition coefficient (Wildman–Crippen LogP) is 3.57. The molecule has 1 aliphatic heterocycles. The minimum Gasteiger partial charge on any atom is -0.493 e. The van der Waals surface area contributed by atoms with Gasteiger partial charge >= 0.3 is 5.97 Å². The molecule has 0 N–H and O–H groups in total. The number of carbonyl (C=O) groups excluding carboxylic acids is 2. The van der Waals surface area contributed by atoms with Crippen LogP contribution in [0.3, 0.4) is 0 Å². The number of amides is 1. The maximum Gasteiger partial charge on any atom is 0.338 e. The molecule has 0 unspecified atom stereocenters. The van der Waals surface area contributed by atoms with Crippen LogP contribution in [-0.2, 0) is 9.53 Å². The second-order valence-electron chi connectivity index (χ2n) is 6.56. The summed E-state index contributed by atoms with van der Waals surface area (Å²) in [6.07, 6.45) is 2.83. The van der Waals surface area contributed by atoms with Gasteiger partial charge in [-0.05, 0) is 42.7 Å². The van der Waals surface area contributed by atoms with Gasteiger partial charge in [0.1, 0.15) is 0 Å². The van der Waals surface area contributed by atoms with Gasteiger partial charge in [0.25, 0.3) is 5.91 Å². The molecule has 2 aromatic rings. The fourth-order valence-corrected chi connectivity index (χ4v) is 3.18. The van der Waals surface area contributed by atoms with Crippen LogP contribution in [0.15, 0.2) is 54.6 Å². The van der Waals surface area contributed by atoms with E-state index in [0.717, 1.165) is 6.42 Å². The van der Waals surface area contributed by atoms with Crippen LogP contribution >= 0.6 is 0 Å². The van der Waals surface area contributed by atoms with Gasteiger partial charge in [-0.15, -0.1) is 0 Å². The van der Waals surface area contributed by atoms with E-state index in [4.69, 9.17) is 14.2 Å². The summed E-state index contributed by atoms with van der Waals surface area (Å²) >= 11 is 0. The van der Waals surface area contributed by atoms with Crippen LogP contribution in [0, 0.1) is 0 Å². The largest absolute Gasteiger partial charge is 0.493 e. The number of ether oxygens (including phenoxy) is 3. The summed E-state index contributed by atoms with van der Waals surface area (Å²) in [4.78, 5) is 26.4. The summed E-state index contributed by atoms with van der Waals surface area (Å²) in [5.41, 5.74) is 2.72. The first kappa shape index (κ1) is 20.5. The van der Waals surface area contributed by atoms with Crippen molar-refractivity contribution in [2.24, 2.45) is 0 Å². The number of nitrogens with zero attached hydrogens (tertiary/aromatic N) is 1. The third kappa shape index (κ3) is 5.16. The first-order valence-electron chi connectivity index (χ1n) is 9.62. The Labute approximate surface area is 170 Å². The highest BCUT2D eigenvalue weighted by molar-refractivity contribution is 5.92. The van der Waals surface area contributed by atoms with Crippen LogP contribution in [0.5, 0.6) is 11.5 Å². The van der Waals surface area contributed by atoms with Gasteiger partial charge in [-0.25, -0.2) is 4.79 Å². The molecule has 0 radical (unpaired) electrons. The lowest BCUT2D eigenvalue weighted by Crippen LogP contribution is -2.37. The number of esters is 1. The second-order valence-corrected chi connectivity index (χ2v) is 6.56. The molecule has 1 heterocycles. The van der Waals surface area contributed by atoms with Crippen molar-refractivity contribution >= 4 is 17.4 Å². The van der Waals surface area contributed by atoms with E-state index in [2.05, 4.69) is 18.2 Å². The molecule has 0 atom stereocenters. The van der Waals surface area contributed by atoms with Gasteiger partial charge in [0.05, 0.1) is 19.3 Å². The van der Waals surface area contributed by atoms with Crippen LogP contribution in [0.4, 0.5) is 0 Å². The lowest BCUT2D eigenvalue weighted by molar-refractivity contribution is -0.134. The van der Waals surface area contributed by atoms with E-state index < -0.39 is 5.97 Å². The predicted molar refractivity (Wildman–Crippen MR) is 110 cm³/mol. The quantitative estimate of drug-likeness (QED) is 0.671. The Bertz CT molecular complexity index is 891. The lowest BCUT2D eigenvalue weighted by Gasteiger charge is -2.26. The molecule has 0 spiro atoms. The van der Waals surface area contributed by atoms with Crippen LogP contribution in [0.25, 0.3) is 5.57 Å². The van der Waals surface area contributed by atoms with E-state index in [0.29, 0.717) is 36.8 Å². The Kier molecular flexibility index (Phi) is 6.89. The fraction of sp³-hybridized carbons (Fsp3) is 0.304. The van der Waals surface area contributed by atoms with Crippen LogP contribution in [0.1, 0.15) is 29.3 Å². The van der Waals surface area contributed by atoms with Gasteiger partial charge in [-0.3, -0.25) is 4.79 Å². The zero-order chi connectivity index (χ0) is 20.6. The number of rotatable bonds is 7. The van der Waals surface area contributed by atoms with E-state index in [9.17, 15) is 9.59 Å². The molecule has 29 heavy (non-hydrogen) atoms. The molecule has 3 rings (SSSR count). The van der Waals surface area contributed by atoms with Crippen molar-refractivity contribution in [1.29, 1.82) is 0 Å². The normalized spacial score (nSPS) is 13.4. The molecule has 1 aliphatic rings. The highest BCUT2D eigenvalue weighted by atomic mass is 16.5. The molecule has 0 bridgehead atoms. The maximum atomic E-state index is 12.4. The zero-order valence-corrected chi connectivity index (χ0v) is 16.7. The molecule has 6 nitrogen and oxygen atoms in total. The molecule has 0 fully saturated rings. The molecule has 0 aliphatic carbocycles. The molecule has 6 heteroatoms. The molecule has 1 amide bonds. The molecule has 0 saturated heterocycles. The molecule has 0 aromatic heterocycles. The van der Waals surface area contributed by atoms with E-state index in [-0.39, 0.29) is 12.5 Å². The van der Waals surface area contributed by atoms with Crippen LogP contribution < -0.4 is 9.47 Å². The number of benzene rings is 2. The van der Waals surface area contributed by atoms with Crippen LogP contribution in [-0.4, -0.2) is 50.2 Å². The van der Waals surface area contributed by atoms with Crippen molar-refractivity contribution in [2.75, 3.05) is 33.4 Å². The van der Waals surface area contributed by atoms with E-state index in [1.807, 2.05) is 25.1 Å². The van der Waals surface area contributed by atoms with E-state index in [1.165, 1.54) is 18.2 Å². The Morgan fingerprint density at radius 3 is 2.52 bits per heavy atom. The van der Waals surface area contributed by atoms with Crippen molar-refractivity contribution in [2.45, 2.75) is 13.3 Å². The minimum atomic E-state index is -0.570. The van der Waals surface area contributed by atoms with Crippen molar-refractivity contribution < 1.29 is 23.8 Å². The van der Waals surface area contributed by atoms with Gasteiger partial charge in [-0.2, -0.15) is 0 Å². The van der Waals surface area contributed by atoms with Gasteiger partial charge in [-0.1, -0.05) is 36.4 Å². The topological polar surface area (TPSA) is 65.1 Å². The summed E-state index contributed by atoms with van der Waals surface area (Å²) in [6, 6.07) is 14.9. The lowest BCUT2D eigenvalue weighted by atomic mass is 10.00.